The zero-order valence-corrected chi connectivity index (χ0v) is 12.5. The summed E-state index contributed by atoms with van der Waals surface area (Å²) in [5.74, 6) is 0.541. The fourth-order valence-electron chi connectivity index (χ4n) is 4.23. The Kier molecular flexibility index (Phi) is 2.49. The molecule has 0 aromatic carbocycles. The summed E-state index contributed by atoms with van der Waals surface area (Å²) in [6.07, 6.45) is 2.96. The third-order valence-corrected chi connectivity index (χ3v) is 5.73. The van der Waals surface area contributed by atoms with Crippen LogP contribution in [0, 0.1) is 5.92 Å². The van der Waals surface area contributed by atoms with E-state index in [2.05, 4.69) is 6.92 Å². The number of urea groups is 1. The van der Waals surface area contributed by atoms with E-state index >= 15 is 0 Å². The van der Waals surface area contributed by atoms with Gasteiger partial charge in [-0.1, -0.05) is 6.92 Å². The minimum atomic E-state index is -0.666. The third kappa shape index (κ3) is 1.61. The first kappa shape index (κ1) is 13.1. The Labute approximate surface area is 124 Å². The predicted molar refractivity (Wildman–Crippen MR) is 74.3 cm³/mol. The summed E-state index contributed by atoms with van der Waals surface area (Å²) in [5.41, 5.74) is -0.666. The first-order valence-corrected chi connectivity index (χ1v) is 7.88. The van der Waals surface area contributed by atoms with Crippen molar-refractivity contribution in [1.82, 2.24) is 14.7 Å². The number of fused-ring (bicyclic) bond motifs is 1. The largest absolute Gasteiger partial charge is 0.337 e. The highest BCUT2D eigenvalue weighted by molar-refractivity contribution is 6.08. The van der Waals surface area contributed by atoms with E-state index < -0.39 is 5.54 Å². The molecule has 0 aromatic heterocycles. The number of hydrogen-bond acceptors (Lipinski definition) is 3. The van der Waals surface area contributed by atoms with Crippen molar-refractivity contribution in [2.45, 2.75) is 57.2 Å². The molecule has 3 aliphatic heterocycles. The van der Waals surface area contributed by atoms with Crippen LogP contribution in [0.5, 0.6) is 0 Å². The number of carbonyl (C=O) groups excluding carboxylic acids is 3. The van der Waals surface area contributed by atoms with E-state index in [1.807, 2.05) is 11.8 Å². The van der Waals surface area contributed by atoms with Gasteiger partial charge in [0, 0.05) is 25.6 Å². The van der Waals surface area contributed by atoms with E-state index in [1.165, 1.54) is 4.90 Å². The predicted octanol–water partition coefficient (Wildman–Crippen LogP) is 0.812. The summed E-state index contributed by atoms with van der Waals surface area (Å²) in [6, 6.07) is -0.137. The minimum absolute atomic E-state index is 0.0900. The Bertz CT molecular complexity index is 548. The first-order valence-electron chi connectivity index (χ1n) is 7.88. The van der Waals surface area contributed by atoms with Crippen molar-refractivity contribution >= 4 is 17.8 Å². The van der Waals surface area contributed by atoms with Gasteiger partial charge in [0.15, 0.2) is 0 Å². The molecule has 0 N–H and O–H groups in total. The average molecular weight is 291 g/mol. The van der Waals surface area contributed by atoms with Gasteiger partial charge < -0.3 is 9.80 Å². The number of imide groups is 1. The van der Waals surface area contributed by atoms with Gasteiger partial charge in [-0.3, -0.25) is 14.5 Å². The van der Waals surface area contributed by atoms with Crippen molar-refractivity contribution in [1.29, 1.82) is 0 Å². The topological polar surface area (TPSA) is 60.9 Å². The van der Waals surface area contributed by atoms with E-state index in [0.717, 1.165) is 19.3 Å². The molecule has 4 atom stereocenters. The van der Waals surface area contributed by atoms with Gasteiger partial charge in [-0.2, -0.15) is 0 Å². The molecule has 1 saturated carbocycles. The maximum Gasteiger partial charge on any atom is 0.328 e. The summed E-state index contributed by atoms with van der Waals surface area (Å²) < 4.78 is 0. The molecule has 0 radical (unpaired) electrons. The molecule has 0 unspecified atom stereocenters. The zero-order chi connectivity index (χ0) is 14.9. The normalized spacial score (nSPS) is 42.3. The third-order valence-electron chi connectivity index (χ3n) is 5.73. The lowest BCUT2D eigenvalue weighted by molar-refractivity contribution is -0.133. The second kappa shape index (κ2) is 3.99. The highest BCUT2D eigenvalue weighted by atomic mass is 16.2. The second-order valence-electron chi connectivity index (χ2n) is 7.17. The monoisotopic (exact) mass is 291 g/mol. The maximum atomic E-state index is 12.7. The van der Waals surface area contributed by atoms with Crippen molar-refractivity contribution < 1.29 is 14.4 Å². The smallest absolute Gasteiger partial charge is 0.328 e. The van der Waals surface area contributed by atoms with Crippen LogP contribution in [-0.4, -0.2) is 63.3 Å². The number of hydrogen-bond donors (Lipinski definition) is 0. The van der Waals surface area contributed by atoms with Crippen LogP contribution in [0.4, 0.5) is 4.79 Å². The quantitative estimate of drug-likeness (QED) is 0.707. The van der Waals surface area contributed by atoms with Gasteiger partial charge in [0.05, 0.1) is 6.04 Å². The summed E-state index contributed by atoms with van der Waals surface area (Å²) in [7, 11) is 0. The highest BCUT2D eigenvalue weighted by Gasteiger charge is 2.59. The van der Waals surface area contributed by atoms with Crippen LogP contribution >= 0.6 is 0 Å². The number of likely N-dealkylation sites (tertiary alicyclic amines) is 1. The fourth-order valence-corrected chi connectivity index (χ4v) is 4.23. The van der Waals surface area contributed by atoms with Crippen LogP contribution in [0.3, 0.4) is 0 Å². The van der Waals surface area contributed by atoms with E-state index in [9.17, 15) is 14.4 Å². The molecule has 3 saturated heterocycles. The molecule has 6 heteroatoms. The van der Waals surface area contributed by atoms with E-state index in [0.29, 0.717) is 31.5 Å². The molecule has 4 rings (SSSR count). The molecule has 21 heavy (non-hydrogen) atoms. The van der Waals surface area contributed by atoms with Crippen molar-refractivity contribution in [3.63, 3.8) is 0 Å². The maximum absolute atomic E-state index is 12.7. The Morgan fingerprint density at radius 2 is 1.95 bits per heavy atom. The van der Waals surface area contributed by atoms with Gasteiger partial charge >= 0.3 is 6.03 Å². The number of amides is 4. The molecule has 4 amide bonds. The zero-order valence-electron chi connectivity index (χ0n) is 12.5. The van der Waals surface area contributed by atoms with E-state index in [1.54, 1.807) is 4.90 Å². The van der Waals surface area contributed by atoms with Crippen LogP contribution in [0.15, 0.2) is 0 Å². The van der Waals surface area contributed by atoms with Gasteiger partial charge in [-0.25, -0.2) is 4.79 Å². The van der Waals surface area contributed by atoms with Crippen LogP contribution in [0.25, 0.3) is 0 Å². The molecular weight excluding hydrogens is 270 g/mol. The Morgan fingerprint density at radius 3 is 2.57 bits per heavy atom. The molecule has 6 nitrogen and oxygen atoms in total. The Hall–Kier alpha value is -1.59. The minimum Gasteiger partial charge on any atom is -0.337 e. The molecule has 0 spiro atoms. The molecule has 1 aliphatic carbocycles. The van der Waals surface area contributed by atoms with Gasteiger partial charge in [0.2, 0.25) is 5.91 Å². The second-order valence-corrected chi connectivity index (χ2v) is 7.17. The molecule has 4 fully saturated rings. The molecular formula is C15H21N3O3. The average Bonchev–Trinajstić information content (AvgIpc) is 2.79. The summed E-state index contributed by atoms with van der Waals surface area (Å²) in [4.78, 5) is 42.4. The lowest BCUT2D eigenvalue weighted by Gasteiger charge is -2.23. The SMILES string of the molecule is C[C@@H]1C[C@H]1N1C[C@H](N2C(=O)N3CCC[C@@]3(C)C2=O)CC1=O. The van der Waals surface area contributed by atoms with Crippen molar-refractivity contribution in [2.75, 3.05) is 13.1 Å². The van der Waals surface area contributed by atoms with Crippen molar-refractivity contribution in [2.24, 2.45) is 5.92 Å². The lowest BCUT2D eigenvalue weighted by Crippen LogP contribution is -2.45. The van der Waals surface area contributed by atoms with Crippen LogP contribution in [0.1, 0.15) is 39.5 Å². The van der Waals surface area contributed by atoms with Gasteiger partial charge in [-0.05, 0) is 32.1 Å². The van der Waals surface area contributed by atoms with Gasteiger partial charge in [0.25, 0.3) is 5.91 Å². The number of carbonyl (C=O) groups is 3. The van der Waals surface area contributed by atoms with Crippen molar-refractivity contribution in [3.05, 3.63) is 0 Å². The molecule has 4 aliphatic rings. The first-order chi connectivity index (χ1) is 9.93. The number of nitrogens with zero attached hydrogens (tertiary/aromatic N) is 3. The summed E-state index contributed by atoms with van der Waals surface area (Å²) in [5, 5.41) is 0. The van der Waals surface area contributed by atoms with Gasteiger partial charge in [-0.15, -0.1) is 0 Å². The van der Waals surface area contributed by atoms with Crippen LogP contribution in [0.2, 0.25) is 0 Å². The number of rotatable bonds is 2. The van der Waals surface area contributed by atoms with Crippen LogP contribution in [-0.2, 0) is 9.59 Å². The summed E-state index contributed by atoms with van der Waals surface area (Å²) >= 11 is 0. The fraction of sp³-hybridized carbons (Fsp3) is 0.800. The van der Waals surface area contributed by atoms with E-state index in [4.69, 9.17) is 0 Å². The van der Waals surface area contributed by atoms with Gasteiger partial charge in [0.1, 0.15) is 5.54 Å². The molecule has 0 aromatic rings. The lowest BCUT2D eigenvalue weighted by atomic mass is 9.99. The molecule has 3 heterocycles. The Morgan fingerprint density at radius 1 is 1.24 bits per heavy atom. The summed E-state index contributed by atoms with van der Waals surface area (Å²) in [6.45, 7) is 5.17. The Balaban J connectivity index is 1.56. The van der Waals surface area contributed by atoms with E-state index in [-0.39, 0.29) is 23.9 Å². The highest BCUT2D eigenvalue weighted by Crippen LogP contribution is 2.42. The molecule has 0 bridgehead atoms. The van der Waals surface area contributed by atoms with Crippen LogP contribution < -0.4 is 0 Å². The molecule has 114 valence electrons. The standard InChI is InChI=1S/C15H21N3O3/c1-9-6-11(9)16-8-10(7-12(16)19)18-13(20)15(2)4-3-5-17(15)14(18)21/h9-11H,3-8H2,1-2H3/t9-,10-,11-,15+/m1/s1. The van der Waals surface area contributed by atoms with Crippen molar-refractivity contribution in [3.8, 4) is 0 Å².